The lowest BCUT2D eigenvalue weighted by Crippen LogP contribution is -2.23. The molecule has 1 amide bonds. The zero-order chi connectivity index (χ0) is 13.8. The highest BCUT2D eigenvalue weighted by atomic mass is 19.1. The molecule has 6 heteroatoms. The number of rotatable bonds is 4. The van der Waals surface area contributed by atoms with Crippen LogP contribution in [0, 0.1) is 5.82 Å². The van der Waals surface area contributed by atoms with E-state index < -0.39 is 0 Å². The van der Waals surface area contributed by atoms with E-state index in [0.29, 0.717) is 11.1 Å². The molecule has 19 heavy (non-hydrogen) atoms. The molecule has 0 saturated heterocycles. The fraction of sp³-hybridized carbons (Fsp3) is 0.231. The number of methoxy groups -OCH3 is 1. The first-order valence-electron chi connectivity index (χ1n) is 5.71. The fourth-order valence-electron chi connectivity index (χ4n) is 1.69. The Labute approximate surface area is 110 Å². The molecular formula is C13H14FN3O2. The highest BCUT2D eigenvalue weighted by molar-refractivity contribution is 5.96. The molecule has 0 saturated carbocycles. The van der Waals surface area contributed by atoms with Crippen molar-refractivity contribution in [3.8, 4) is 5.88 Å². The first-order valence-corrected chi connectivity index (χ1v) is 5.71. The number of carbonyl (C=O) groups is 1. The summed E-state index contributed by atoms with van der Waals surface area (Å²) in [6.07, 6.45) is 1.55. The van der Waals surface area contributed by atoms with Crippen molar-refractivity contribution in [1.82, 2.24) is 15.1 Å². The van der Waals surface area contributed by atoms with Gasteiger partial charge in [0.25, 0.3) is 5.91 Å². The number of benzene rings is 1. The van der Waals surface area contributed by atoms with E-state index in [1.165, 1.54) is 17.9 Å². The highest BCUT2D eigenvalue weighted by Gasteiger charge is 2.16. The lowest BCUT2D eigenvalue weighted by Gasteiger charge is -2.05. The van der Waals surface area contributed by atoms with Gasteiger partial charge in [0, 0.05) is 25.4 Å². The molecule has 5 nitrogen and oxygen atoms in total. The number of amides is 1. The standard InChI is InChI=1S/C13H14FN3O2/c1-17-8-10(13(16-17)19-2)12(18)15-7-9-5-3-4-6-11(9)14/h3-6,8H,7H2,1-2H3,(H,15,18). The predicted molar refractivity (Wildman–Crippen MR) is 67.3 cm³/mol. The summed E-state index contributed by atoms with van der Waals surface area (Å²) in [7, 11) is 3.13. The Balaban J connectivity index is 2.07. The Morgan fingerprint density at radius 3 is 2.89 bits per heavy atom. The summed E-state index contributed by atoms with van der Waals surface area (Å²) in [6, 6.07) is 6.29. The molecule has 0 aliphatic heterocycles. The number of aromatic nitrogens is 2. The van der Waals surface area contributed by atoms with Gasteiger partial charge in [0.1, 0.15) is 11.4 Å². The Kier molecular flexibility index (Phi) is 3.79. The lowest BCUT2D eigenvalue weighted by atomic mass is 10.2. The van der Waals surface area contributed by atoms with Crippen molar-refractivity contribution in [1.29, 1.82) is 0 Å². The third-order valence-corrected chi connectivity index (χ3v) is 2.63. The summed E-state index contributed by atoms with van der Waals surface area (Å²) in [6.45, 7) is 0.115. The molecule has 0 radical (unpaired) electrons. The van der Waals surface area contributed by atoms with Crippen molar-refractivity contribution < 1.29 is 13.9 Å². The minimum absolute atomic E-state index is 0.115. The Hall–Kier alpha value is -2.37. The zero-order valence-electron chi connectivity index (χ0n) is 10.7. The average molecular weight is 263 g/mol. The SMILES string of the molecule is COc1nn(C)cc1C(=O)NCc1ccccc1F. The van der Waals surface area contributed by atoms with Crippen LogP contribution < -0.4 is 10.1 Å². The molecule has 0 aliphatic rings. The van der Waals surface area contributed by atoms with Crippen LogP contribution in [-0.2, 0) is 13.6 Å². The molecular weight excluding hydrogens is 249 g/mol. The number of aryl methyl sites for hydroxylation is 1. The summed E-state index contributed by atoms with van der Waals surface area (Å²) in [5, 5.41) is 6.61. The van der Waals surface area contributed by atoms with Gasteiger partial charge in [-0.25, -0.2) is 4.39 Å². The molecule has 0 bridgehead atoms. The van der Waals surface area contributed by atoms with Gasteiger partial charge in [-0.15, -0.1) is 5.10 Å². The number of ether oxygens (including phenoxy) is 1. The van der Waals surface area contributed by atoms with Gasteiger partial charge in [0.2, 0.25) is 5.88 Å². The topological polar surface area (TPSA) is 56.2 Å². The monoisotopic (exact) mass is 263 g/mol. The number of hydrogen-bond acceptors (Lipinski definition) is 3. The van der Waals surface area contributed by atoms with E-state index >= 15 is 0 Å². The van der Waals surface area contributed by atoms with Crippen LogP contribution in [0.3, 0.4) is 0 Å². The Bertz CT molecular complexity index is 595. The minimum Gasteiger partial charge on any atom is -0.479 e. The molecule has 1 heterocycles. The second-order valence-electron chi connectivity index (χ2n) is 4.00. The molecule has 1 aromatic heterocycles. The molecule has 2 aromatic rings. The second kappa shape index (κ2) is 5.51. The molecule has 2 rings (SSSR count). The van der Waals surface area contributed by atoms with Crippen LogP contribution in [0.2, 0.25) is 0 Å². The number of nitrogens with zero attached hydrogens (tertiary/aromatic N) is 2. The maximum atomic E-state index is 13.4. The van der Waals surface area contributed by atoms with Crippen LogP contribution in [0.1, 0.15) is 15.9 Å². The smallest absolute Gasteiger partial charge is 0.258 e. The van der Waals surface area contributed by atoms with Crippen LogP contribution in [0.25, 0.3) is 0 Å². The van der Waals surface area contributed by atoms with Crippen molar-refractivity contribution in [2.45, 2.75) is 6.54 Å². The van der Waals surface area contributed by atoms with E-state index in [0.717, 1.165) is 0 Å². The third kappa shape index (κ3) is 2.90. The van der Waals surface area contributed by atoms with Crippen LogP contribution in [-0.4, -0.2) is 22.8 Å². The van der Waals surface area contributed by atoms with Crippen molar-refractivity contribution >= 4 is 5.91 Å². The van der Waals surface area contributed by atoms with E-state index in [1.807, 2.05) is 0 Å². The van der Waals surface area contributed by atoms with Crippen LogP contribution in [0.15, 0.2) is 30.5 Å². The van der Waals surface area contributed by atoms with E-state index in [-0.39, 0.29) is 24.1 Å². The highest BCUT2D eigenvalue weighted by Crippen LogP contribution is 2.14. The van der Waals surface area contributed by atoms with Gasteiger partial charge in [-0.05, 0) is 6.07 Å². The van der Waals surface area contributed by atoms with Gasteiger partial charge in [0.05, 0.1) is 7.11 Å². The summed E-state index contributed by atoms with van der Waals surface area (Å²) in [5.74, 6) is -0.456. The molecule has 0 fully saturated rings. The van der Waals surface area contributed by atoms with Crippen molar-refractivity contribution in [3.05, 3.63) is 47.4 Å². The molecule has 0 atom stereocenters. The maximum Gasteiger partial charge on any atom is 0.258 e. The predicted octanol–water partition coefficient (Wildman–Crippen LogP) is 1.50. The fourth-order valence-corrected chi connectivity index (χ4v) is 1.69. The van der Waals surface area contributed by atoms with Gasteiger partial charge in [-0.2, -0.15) is 0 Å². The van der Waals surface area contributed by atoms with E-state index in [2.05, 4.69) is 10.4 Å². The quantitative estimate of drug-likeness (QED) is 0.909. The summed E-state index contributed by atoms with van der Waals surface area (Å²) < 4.78 is 19.9. The third-order valence-electron chi connectivity index (χ3n) is 2.63. The first kappa shape index (κ1) is 13.1. The van der Waals surface area contributed by atoms with Crippen molar-refractivity contribution in [3.63, 3.8) is 0 Å². The van der Waals surface area contributed by atoms with Gasteiger partial charge in [-0.3, -0.25) is 9.48 Å². The number of hydrogen-bond donors (Lipinski definition) is 1. The second-order valence-corrected chi connectivity index (χ2v) is 4.00. The van der Waals surface area contributed by atoms with Gasteiger partial charge >= 0.3 is 0 Å². The maximum absolute atomic E-state index is 13.4. The van der Waals surface area contributed by atoms with Gasteiger partial charge in [0.15, 0.2) is 0 Å². The molecule has 0 aliphatic carbocycles. The molecule has 0 unspecified atom stereocenters. The Morgan fingerprint density at radius 2 is 2.21 bits per heavy atom. The van der Waals surface area contributed by atoms with Crippen molar-refractivity contribution in [2.75, 3.05) is 7.11 Å². The van der Waals surface area contributed by atoms with Crippen LogP contribution in [0.5, 0.6) is 5.88 Å². The van der Waals surface area contributed by atoms with E-state index in [9.17, 15) is 9.18 Å². The largest absolute Gasteiger partial charge is 0.479 e. The minimum atomic E-state index is -0.354. The summed E-state index contributed by atoms with van der Waals surface area (Å²) in [4.78, 5) is 12.0. The molecule has 1 N–H and O–H groups in total. The number of halogens is 1. The number of nitrogens with one attached hydrogen (secondary N) is 1. The summed E-state index contributed by atoms with van der Waals surface area (Å²) in [5.41, 5.74) is 0.750. The molecule has 0 spiro atoms. The van der Waals surface area contributed by atoms with E-state index in [4.69, 9.17) is 4.74 Å². The van der Waals surface area contributed by atoms with Crippen molar-refractivity contribution in [2.24, 2.45) is 7.05 Å². The first-order chi connectivity index (χ1) is 9.11. The van der Waals surface area contributed by atoms with Crippen LogP contribution >= 0.6 is 0 Å². The molecule has 1 aromatic carbocycles. The summed E-state index contributed by atoms with van der Waals surface area (Å²) >= 11 is 0. The van der Waals surface area contributed by atoms with Gasteiger partial charge < -0.3 is 10.1 Å². The normalized spacial score (nSPS) is 10.3. The number of carbonyl (C=O) groups excluding carboxylic acids is 1. The van der Waals surface area contributed by atoms with E-state index in [1.54, 1.807) is 31.4 Å². The zero-order valence-corrected chi connectivity index (χ0v) is 10.7. The lowest BCUT2D eigenvalue weighted by molar-refractivity contribution is 0.0947. The average Bonchev–Trinajstić information content (AvgIpc) is 2.79. The van der Waals surface area contributed by atoms with Gasteiger partial charge in [-0.1, -0.05) is 18.2 Å². The van der Waals surface area contributed by atoms with Crippen LogP contribution in [0.4, 0.5) is 4.39 Å². The Morgan fingerprint density at radius 1 is 1.47 bits per heavy atom. The molecule has 100 valence electrons.